The summed E-state index contributed by atoms with van der Waals surface area (Å²) in [5.74, 6) is -0.223. The van der Waals surface area contributed by atoms with Crippen LogP contribution in [0, 0.1) is 5.41 Å². The van der Waals surface area contributed by atoms with Crippen molar-refractivity contribution in [2.45, 2.75) is 46.8 Å². The van der Waals surface area contributed by atoms with E-state index in [-0.39, 0.29) is 5.91 Å². The fraction of sp³-hybridized carbons (Fsp3) is 0.800. The third kappa shape index (κ3) is 1.54. The first-order chi connectivity index (χ1) is 6.18. The zero-order valence-electron chi connectivity index (χ0n) is 9.46. The molecule has 0 bridgehead atoms. The fourth-order valence-corrected chi connectivity index (χ4v) is 1.63. The highest BCUT2D eigenvalue weighted by Gasteiger charge is 2.50. The number of aliphatic hydroxyl groups is 1. The number of carbonyl (C=O) groups excluding carboxylic acids is 1. The summed E-state index contributed by atoms with van der Waals surface area (Å²) in [5, 5.41) is 15.7. The summed E-state index contributed by atoms with van der Waals surface area (Å²) in [6.45, 7) is 8.93. The Bertz CT molecular complexity index is 291. The lowest BCUT2D eigenvalue weighted by Gasteiger charge is -2.41. The summed E-state index contributed by atoms with van der Waals surface area (Å²) < 4.78 is 0. The Labute approximate surface area is 84.6 Å². The Balaban J connectivity index is 3.08. The molecule has 0 aromatic rings. The maximum absolute atomic E-state index is 11.3. The smallest absolute Gasteiger partial charge is 0.242 e. The van der Waals surface area contributed by atoms with Crippen LogP contribution in [0.3, 0.4) is 0 Å². The zero-order valence-corrected chi connectivity index (χ0v) is 9.46. The van der Waals surface area contributed by atoms with Gasteiger partial charge in [-0.1, -0.05) is 20.8 Å². The minimum Gasteiger partial charge on any atom is -0.368 e. The van der Waals surface area contributed by atoms with Gasteiger partial charge < -0.3 is 5.11 Å². The third-order valence-corrected chi connectivity index (χ3v) is 2.62. The van der Waals surface area contributed by atoms with Crippen LogP contribution in [0.25, 0.3) is 0 Å². The summed E-state index contributed by atoms with van der Waals surface area (Å²) in [6, 6.07) is 0. The SMILES string of the molecule is CC(=O)N1N=C(C)CC1(O)C(C)(C)C. The molecule has 0 radical (unpaired) electrons. The highest BCUT2D eigenvalue weighted by molar-refractivity contribution is 5.88. The highest BCUT2D eigenvalue weighted by atomic mass is 16.3. The van der Waals surface area contributed by atoms with Crippen LogP contribution in [0.2, 0.25) is 0 Å². The Morgan fingerprint density at radius 2 is 2.07 bits per heavy atom. The van der Waals surface area contributed by atoms with Gasteiger partial charge in [0, 0.05) is 24.5 Å². The molecule has 1 unspecified atom stereocenters. The first-order valence-electron chi connectivity index (χ1n) is 4.76. The van der Waals surface area contributed by atoms with E-state index in [2.05, 4.69) is 5.10 Å². The molecule has 0 spiro atoms. The van der Waals surface area contributed by atoms with Gasteiger partial charge in [-0.3, -0.25) is 4.79 Å². The van der Waals surface area contributed by atoms with E-state index in [1.807, 2.05) is 27.7 Å². The molecule has 1 atom stereocenters. The van der Waals surface area contributed by atoms with E-state index in [0.717, 1.165) is 5.71 Å². The molecule has 0 fully saturated rings. The molecule has 0 aliphatic carbocycles. The molecule has 0 saturated carbocycles. The van der Waals surface area contributed by atoms with Crippen LogP contribution in [0.15, 0.2) is 5.10 Å². The molecular weight excluding hydrogens is 180 g/mol. The second-order valence-electron chi connectivity index (χ2n) is 4.91. The molecule has 1 N–H and O–H groups in total. The van der Waals surface area contributed by atoms with Gasteiger partial charge in [0.1, 0.15) is 0 Å². The van der Waals surface area contributed by atoms with Gasteiger partial charge >= 0.3 is 0 Å². The van der Waals surface area contributed by atoms with Crippen molar-refractivity contribution in [2.24, 2.45) is 10.5 Å². The molecule has 1 amide bonds. The van der Waals surface area contributed by atoms with E-state index in [1.54, 1.807) is 0 Å². The van der Waals surface area contributed by atoms with Crippen molar-refractivity contribution in [3.05, 3.63) is 0 Å². The molecule has 1 rings (SSSR count). The number of hydrazone groups is 1. The normalized spacial score (nSPS) is 27.9. The van der Waals surface area contributed by atoms with Crippen LogP contribution in [0.4, 0.5) is 0 Å². The number of nitrogens with zero attached hydrogens (tertiary/aromatic N) is 2. The van der Waals surface area contributed by atoms with Crippen LogP contribution in [-0.4, -0.2) is 27.5 Å². The van der Waals surface area contributed by atoms with E-state index in [0.29, 0.717) is 6.42 Å². The van der Waals surface area contributed by atoms with Gasteiger partial charge in [-0.25, -0.2) is 5.01 Å². The van der Waals surface area contributed by atoms with Crippen molar-refractivity contribution in [2.75, 3.05) is 0 Å². The van der Waals surface area contributed by atoms with Crippen LogP contribution in [0.5, 0.6) is 0 Å². The van der Waals surface area contributed by atoms with E-state index in [9.17, 15) is 9.90 Å². The van der Waals surface area contributed by atoms with Gasteiger partial charge in [0.2, 0.25) is 5.91 Å². The van der Waals surface area contributed by atoms with Crippen LogP contribution < -0.4 is 0 Å². The van der Waals surface area contributed by atoms with Gasteiger partial charge in [-0.2, -0.15) is 5.10 Å². The first-order valence-corrected chi connectivity index (χ1v) is 4.76. The second kappa shape index (κ2) is 3.05. The monoisotopic (exact) mass is 198 g/mol. The lowest BCUT2D eigenvalue weighted by atomic mass is 9.80. The number of hydrogen-bond acceptors (Lipinski definition) is 3. The average molecular weight is 198 g/mol. The highest BCUT2D eigenvalue weighted by Crippen LogP contribution is 2.40. The Kier molecular flexibility index (Phi) is 2.44. The largest absolute Gasteiger partial charge is 0.368 e. The van der Waals surface area contributed by atoms with E-state index >= 15 is 0 Å². The number of rotatable bonds is 0. The third-order valence-electron chi connectivity index (χ3n) is 2.62. The summed E-state index contributed by atoms with van der Waals surface area (Å²) in [5.41, 5.74) is -0.791. The van der Waals surface area contributed by atoms with Crippen molar-refractivity contribution in [1.29, 1.82) is 0 Å². The lowest BCUT2D eigenvalue weighted by molar-refractivity contribution is -0.180. The quantitative estimate of drug-likeness (QED) is 0.638. The zero-order chi connectivity index (χ0) is 11.1. The molecule has 0 aromatic carbocycles. The maximum Gasteiger partial charge on any atom is 0.242 e. The van der Waals surface area contributed by atoms with Gasteiger partial charge in [-0.05, 0) is 6.92 Å². The summed E-state index contributed by atoms with van der Waals surface area (Å²) >= 11 is 0. The average Bonchev–Trinajstić information content (AvgIpc) is 2.25. The van der Waals surface area contributed by atoms with Gasteiger partial charge in [0.15, 0.2) is 5.72 Å². The molecule has 0 aromatic heterocycles. The summed E-state index contributed by atoms with van der Waals surface area (Å²) in [6.07, 6.45) is 0.427. The molecule has 1 aliphatic rings. The van der Waals surface area contributed by atoms with Crippen LogP contribution >= 0.6 is 0 Å². The van der Waals surface area contributed by atoms with Gasteiger partial charge in [0.25, 0.3) is 0 Å². The predicted octanol–water partition coefficient (Wildman–Crippen LogP) is 1.35. The van der Waals surface area contributed by atoms with Crippen molar-refractivity contribution in [3.63, 3.8) is 0 Å². The molecule has 0 saturated heterocycles. The topological polar surface area (TPSA) is 52.9 Å². The first kappa shape index (κ1) is 11.2. The minimum absolute atomic E-state index is 0.223. The molecule has 80 valence electrons. The van der Waals surface area contributed by atoms with Crippen LogP contribution in [-0.2, 0) is 4.79 Å². The van der Waals surface area contributed by atoms with Crippen molar-refractivity contribution in [3.8, 4) is 0 Å². The standard InChI is InChI=1S/C10H18N2O2/c1-7-6-10(14,9(3,4)5)12(11-7)8(2)13/h14H,6H2,1-5H3. The van der Waals surface area contributed by atoms with Crippen molar-refractivity contribution in [1.82, 2.24) is 5.01 Å². The Hall–Kier alpha value is -0.900. The molecule has 4 heteroatoms. The molecule has 1 aliphatic heterocycles. The fourth-order valence-electron chi connectivity index (χ4n) is 1.63. The minimum atomic E-state index is -1.18. The number of hydrogen-bond donors (Lipinski definition) is 1. The van der Waals surface area contributed by atoms with Gasteiger partial charge in [-0.15, -0.1) is 0 Å². The van der Waals surface area contributed by atoms with E-state index in [4.69, 9.17) is 0 Å². The number of carbonyl (C=O) groups is 1. The molecule has 4 nitrogen and oxygen atoms in total. The van der Waals surface area contributed by atoms with Crippen molar-refractivity contribution < 1.29 is 9.90 Å². The van der Waals surface area contributed by atoms with Gasteiger partial charge in [0.05, 0.1) is 0 Å². The molecule has 14 heavy (non-hydrogen) atoms. The number of amides is 1. The summed E-state index contributed by atoms with van der Waals surface area (Å²) in [4.78, 5) is 11.3. The Morgan fingerprint density at radius 1 is 1.57 bits per heavy atom. The second-order valence-corrected chi connectivity index (χ2v) is 4.91. The lowest BCUT2D eigenvalue weighted by Crippen LogP contribution is -2.54. The molecular formula is C10H18N2O2. The summed E-state index contributed by atoms with van der Waals surface area (Å²) in [7, 11) is 0. The maximum atomic E-state index is 11.3. The van der Waals surface area contributed by atoms with E-state index < -0.39 is 11.1 Å². The van der Waals surface area contributed by atoms with E-state index in [1.165, 1.54) is 11.9 Å². The van der Waals surface area contributed by atoms with Crippen molar-refractivity contribution >= 4 is 11.6 Å². The molecule has 1 heterocycles. The predicted molar refractivity (Wildman–Crippen MR) is 54.7 cm³/mol. The van der Waals surface area contributed by atoms with Crippen LogP contribution in [0.1, 0.15) is 41.0 Å². The Morgan fingerprint density at radius 3 is 2.36 bits per heavy atom.